The topological polar surface area (TPSA) is 136 Å². The lowest BCUT2D eigenvalue weighted by atomic mass is 10.1. The molecule has 3 aromatic rings. The van der Waals surface area contributed by atoms with Crippen molar-refractivity contribution in [3.05, 3.63) is 69.8 Å². The molecular weight excluding hydrogens is 448 g/mol. The molecule has 0 bridgehead atoms. The standard InChI is InChI=1S/C23H24N2O7S/c1-4-5-9-18-24-21(26)20(33(30,31)16-12-10-15(11-13-16)23(28)29)22(27)25(18)19-14(2)7-6-8-17(19)32-3/h6-8,10-13,26H,4-5,9H2,1-3H3,(H,28,29). The summed E-state index contributed by atoms with van der Waals surface area (Å²) in [5, 5.41) is 19.6. The van der Waals surface area contributed by atoms with Crippen LogP contribution >= 0.6 is 0 Å². The van der Waals surface area contributed by atoms with Gasteiger partial charge < -0.3 is 14.9 Å². The lowest BCUT2D eigenvalue weighted by molar-refractivity contribution is 0.0696. The van der Waals surface area contributed by atoms with Gasteiger partial charge in [-0.25, -0.2) is 13.2 Å². The number of ether oxygens (including phenoxy) is 1. The Morgan fingerprint density at radius 3 is 2.39 bits per heavy atom. The molecule has 0 unspecified atom stereocenters. The molecule has 1 heterocycles. The molecule has 33 heavy (non-hydrogen) atoms. The van der Waals surface area contributed by atoms with Gasteiger partial charge in [0.15, 0.2) is 4.90 Å². The highest BCUT2D eigenvalue weighted by molar-refractivity contribution is 7.91. The minimum absolute atomic E-state index is 0.117. The SMILES string of the molecule is CCCCc1nc(O)c(S(=O)(=O)c2ccc(C(=O)O)cc2)c(=O)n1-c1c(C)cccc1OC. The number of hydrogen-bond donors (Lipinski definition) is 2. The maximum absolute atomic E-state index is 13.6. The molecule has 0 saturated heterocycles. The molecule has 174 valence electrons. The molecule has 2 N–H and O–H groups in total. The van der Waals surface area contributed by atoms with Crippen molar-refractivity contribution in [1.82, 2.24) is 9.55 Å². The van der Waals surface area contributed by atoms with Crippen molar-refractivity contribution in [2.75, 3.05) is 7.11 Å². The smallest absolute Gasteiger partial charge is 0.335 e. The molecule has 0 aliphatic heterocycles. The van der Waals surface area contributed by atoms with Crippen molar-refractivity contribution in [1.29, 1.82) is 0 Å². The number of nitrogens with zero attached hydrogens (tertiary/aromatic N) is 2. The Bertz CT molecular complexity index is 1360. The Hall–Kier alpha value is -3.66. The molecule has 2 aromatic carbocycles. The fraction of sp³-hybridized carbons (Fsp3) is 0.261. The molecule has 9 nitrogen and oxygen atoms in total. The van der Waals surface area contributed by atoms with Gasteiger partial charge in [-0.05, 0) is 49.2 Å². The van der Waals surface area contributed by atoms with Crippen LogP contribution in [0.3, 0.4) is 0 Å². The number of benzene rings is 2. The Labute approximate surface area is 190 Å². The van der Waals surface area contributed by atoms with Gasteiger partial charge >= 0.3 is 5.97 Å². The highest BCUT2D eigenvalue weighted by Gasteiger charge is 2.31. The van der Waals surface area contributed by atoms with Crippen LogP contribution in [0.25, 0.3) is 5.69 Å². The van der Waals surface area contributed by atoms with Gasteiger partial charge in [-0.2, -0.15) is 4.98 Å². The molecule has 1 aromatic heterocycles. The third-order valence-electron chi connectivity index (χ3n) is 5.17. The number of aromatic carboxylic acids is 1. The number of methoxy groups -OCH3 is 1. The number of para-hydroxylation sites is 1. The summed E-state index contributed by atoms with van der Waals surface area (Å²) in [6.45, 7) is 3.70. The van der Waals surface area contributed by atoms with Crippen LogP contribution in [0.5, 0.6) is 11.6 Å². The number of carbonyl (C=O) groups is 1. The third kappa shape index (κ3) is 4.47. The van der Waals surface area contributed by atoms with Crippen molar-refractivity contribution < 1.29 is 28.2 Å². The van der Waals surface area contributed by atoms with Crippen LogP contribution in [0.2, 0.25) is 0 Å². The minimum atomic E-state index is -4.52. The largest absolute Gasteiger partial charge is 0.495 e. The molecule has 0 amide bonds. The monoisotopic (exact) mass is 472 g/mol. The Morgan fingerprint density at radius 2 is 1.82 bits per heavy atom. The fourth-order valence-electron chi connectivity index (χ4n) is 3.48. The number of carboxylic acids is 1. The van der Waals surface area contributed by atoms with Crippen LogP contribution in [0, 0.1) is 6.92 Å². The second kappa shape index (κ2) is 9.45. The number of rotatable bonds is 8. The summed E-state index contributed by atoms with van der Waals surface area (Å²) in [6.07, 6.45) is 1.77. The van der Waals surface area contributed by atoms with E-state index in [1.807, 2.05) is 6.92 Å². The van der Waals surface area contributed by atoms with E-state index < -0.39 is 32.1 Å². The van der Waals surface area contributed by atoms with Gasteiger partial charge in [0.1, 0.15) is 11.6 Å². The van der Waals surface area contributed by atoms with Crippen molar-refractivity contribution in [2.24, 2.45) is 0 Å². The molecule has 10 heteroatoms. The Morgan fingerprint density at radius 1 is 1.15 bits per heavy atom. The van der Waals surface area contributed by atoms with Gasteiger partial charge in [-0.1, -0.05) is 25.5 Å². The van der Waals surface area contributed by atoms with E-state index in [1.54, 1.807) is 25.1 Å². The average molecular weight is 473 g/mol. The van der Waals surface area contributed by atoms with Gasteiger partial charge in [0.2, 0.25) is 15.7 Å². The second-order valence-electron chi connectivity index (χ2n) is 7.38. The maximum atomic E-state index is 13.6. The third-order valence-corrected chi connectivity index (χ3v) is 6.96. The summed E-state index contributed by atoms with van der Waals surface area (Å²) in [5.41, 5.74) is -0.103. The van der Waals surface area contributed by atoms with Crippen molar-refractivity contribution in [3.8, 4) is 17.3 Å². The van der Waals surface area contributed by atoms with Gasteiger partial charge in [0.05, 0.1) is 23.3 Å². The van der Waals surface area contributed by atoms with Crippen LogP contribution in [-0.2, 0) is 16.3 Å². The van der Waals surface area contributed by atoms with Gasteiger partial charge in [0.25, 0.3) is 5.56 Å². The van der Waals surface area contributed by atoms with E-state index in [0.29, 0.717) is 29.8 Å². The van der Waals surface area contributed by atoms with E-state index in [1.165, 1.54) is 11.7 Å². The minimum Gasteiger partial charge on any atom is -0.495 e. The van der Waals surface area contributed by atoms with Crippen LogP contribution in [0.15, 0.2) is 57.1 Å². The van der Waals surface area contributed by atoms with Crippen molar-refractivity contribution in [2.45, 2.75) is 42.9 Å². The van der Waals surface area contributed by atoms with Crippen LogP contribution in [0.1, 0.15) is 41.5 Å². The summed E-state index contributed by atoms with van der Waals surface area (Å²) < 4.78 is 33.2. The lowest BCUT2D eigenvalue weighted by Crippen LogP contribution is -2.30. The molecule has 0 aliphatic carbocycles. The number of unbranched alkanes of at least 4 members (excludes halogenated alkanes) is 1. The number of carboxylic acid groups (broad SMARTS) is 1. The first-order valence-electron chi connectivity index (χ1n) is 10.2. The highest BCUT2D eigenvalue weighted by Crippen LogP contribution is 2.30. The van der Waals surface area contributed by atoms with E-state index in [4.69, 9.17) is 9.84 Å². The molecule has 3 rings (SSSR count). The number of aromatic nitrogens is 2. The average Bonchev–Trinajstić information content (AvgIpc) is 2.77. The van der Waals surface area contributed by atoms with Gasteiger partial charge in [0, 0.05) is 6.42 Å². The Kier molecular flexibility index (Phi) is 6.87. The quantitative estimate of drug-likeness (QED) is 0.510. The second-order valence-corrected chi connectivity index (χ2v) is 9.27. The van der Waals surface area contributed by atoms with Crippen LogP contribution in [0.4, 0.5) is 0 Å². The predicted molar refractivity (Wildman–Crippen MR) is 120 cm³/mol. The van der Waals surface area contributed by atoms with Crippen LogP contribution < -0.4 is 10.3 Å². The fourth-order valence-corrected chi connectivity index (χ4v) is 4.82. The number of aromatic hydroxyl groups is 1. The first-order valence-corrected chi connectivity index (χ1v) is 11.7. The van der Waals surface area contributed by atoms with Crippen molar-refractivity contribution >= 4 is 15.8 Å². The molecule has 0 fully saturated rings. The number of hydrogen-bond acceptors (Lipinski definition) is 7. The van der Waals surface area contributed by atoms with E-state index in [2.05, 4.69) is 4.98 Å². The predicted octanol–water partition coefficient (Wildman–Crippen LogP) is 3.13. The van der Waals surface area contributed by atoms with Gasteiger partial charge in [-0.15, -0.1) is 0 Å². The van der Waals surface area contributed by atoms with E-state index in [-0.39, 0.29) is 16.3 Å². The highest BCUT2D eigenvalue weighted by atomic mass is 32.2. The Balaban J connectivity index is 2.34. The first kappa shape index (κ1) is 24.0. The zero-order chi connectivity index (χ0) is 24.3. The van der Waals surface area contributed by atoms with Crippen molar-refractivity contribution in [3.63, 3.8) is 0 Å². The molecule has 0 spiro atoms. The molecular formula is C23H24N2O7S. The lowest BCUT2D eigenvalue weighted by Gasteiger charge is -2.19. The van der Waals surface area contributed by atoms with E-state index in [0.717, 1.165) is 30.7 Å². The maximum Gasteiger partial charge on any atom is 0.335 e. The van der Waals surface area contributed by atoms with E-state index in [9.17, 15) is 23.1 Å². The molecule has 0 radical (unpaired) electrons. The number of aryl methyl sites for hydroxylation is 2. The molecule has 0 saturated carbocycles. The number of sulfone groups is 1. The summed E-state index contributed by atoms with van der Waals surface area (Å²) in [4.78, 5) is 27.6. The summed E-state index contributed by atoms with van der Waals surface area (Å²) in [6, 6.07) is 9.49. The molecule has 0 atom stereocenters. The summed E-state index contributed by atoms with van der Waals surface area (Å²) >= 11 is 0. The summed E-state index contributed by atoms with van der Waals surface area (Å²) in [7, 11) is -3.09. The first-order chi connectivity index (χ1) is 15.6. The summed E-state index contributed by atoms with van der Waals surface area (Å²) in [5.74, 6) is -1.58. The normalized spacial score (nSPS) is 11.4. The van der Waals surface area contributed by atoms with Gasteiger partial charge in [-0.3, -0.25) is 9.36 Å². The van der Waals surface area contributed by atoms with E-state index >= 15 is 0 Å². The van der Waals surface area contributed by atoms with Crippen LogP contribution in [-0.4, -0.2) is 41.3 Å². The zero-order valence-corrected chi connectivity index (χ0v) is 19.2. The molecule has 0 aliphatic rings. The zero-order valence-electron chi connectivity index (χ0n) is 18.4.